The molecular formula is C14H20ClFN2O. The zero-order chi connectivity index (χ0) is 14.4. The van der Waals surface area contributed by atoms with Crippen molar-refractivity contribution in [1.82, 2.24) is 10.2 Å². The van der Waals surface area contributed by atoms with Crippen LogP contribution in [0.5, 0.6) is 0 Å². The molecule has 3 nitrogen and oxygen atoms in total. The summed E-state index contributed by atoms with van der Waals surface area (Å²) in [5.74, 6) is -0.471. The van der Waals surface area contributed by atoms with Crippen molar-refractivity contribution < 1.29 is 9.18 Å². The van der Waals surface area contributed by atoms with Crippen LogP contribution in [-0.2, 0) is 11.3 Å². The fraction of sp³-hybridized carbons (Fsp3) is 0.500. The summed E-state index contributed by atoms with van der Waals surface area (Å²) in [6, 6.07) is 4.31. The third kappa shape index (κ3) is 4.48. The van der Waals surface area contributed by atoms with Gasteiger partial charge < -0.3 is 5.32 Å². The second-order valence-electron chi connectivity index (χ2n) is 4.46. The van der Waals surface area contributed by atoms with Crippen molar-refractivity contribution in [2.24, 2.45) is 0 Å². The molecule has 1 atom stereocenters. The molecule has 106 valence electrons. The summed E-state index contributed by atoms with van der Waals surface area (Å²) in [5, 5.41) is 2.92. The molecule has 19 heavy (non-hydrogen) atoms. The molecule has 5 heteroatoms. The fourth-order valence-electron chi connectivity index (χ4n) is 1.87. The van der Waals surface area contributed by atoms with Crippen LogP contribution in [0.15, 0.2) is 18.2 Å². The molecule has 1 rings (SSSR count). The van der Waals surface area contributed by atoms with Crippen LogP contribution in [0.4, 0.5) is 4.39 Å². The summed E-state index contributed by atoms with van der Waals surface area (Å²) in [4.78, 5) is 14.0. The maximum absolute atomic E-state index is 13.0. The van der Waals surface area contributed by atoms with Crippen LogP contribution in [0.25, 0.3) is 0 Å². The summed E-state index contributed by atoms with van der Waals surface area (Å²) in [6.07, 6.45) is 0.750. The van der Waals surface area contributed by atoms with Crippen LogP contribution in [0.1, 0.15) is 25.8 Å². The van der Waals surface area contributed by atoms with Gasteiger partial charge in [0.1, 0.15) is 5.82 Å². The van der Waals surface area contributed by atoms with Crippen LogP contribution >= 0.6 is 11.6 Å². The van der Waals surface area contributed by atoms with Gasteiger partial charge in [-0.2, -0.15) is 0 Å². The topological polar surface area (TPSA) is 32.3 Å². The Balaban J connectivity index is 2.60. The van der Waals surface area contributed by atoms with E-state index in [9.17, 15) is 9.18 Å². The van der Waals surface area contributed by atoms with E-state index in [0.717, 1.165) is 18.5 Å². The largest absolute Gasteiger partial charge is 0.351 e. The molecule has 1 amide bonds. The van der Waals surface area contributed by atoms with Gasteiger partial charge in [-0.25, -0.2) is 4.39 Å². The minimum atomic E-state index is -0.450. The highest BCUT2D eigenvalue weighted by Gasteiger charge is 2.19. The second kappa shape index (κ2) is 7.46. The normalized spacial score (nSPS) is 12.5. The Morgan fingerprint density at radius 2 is 2.16 bits per heavy atom. The zero-order valence-corrected chi connectivity index (χ0v) is 12.3. The third-order valence-electron chi connectivity index (χ3n) is 3.17. The fourth-order valence-corrected chi connectivity index (χ4v) is 2.08. The minimum Gasteiger partial charge on any atom is -0.351 e. The van der Waals surface area contributed by atoms with Gasteiger partial charge in [0, 0.05) is 6.54 Å². The van der Waals surface area contributed by atoms with E-state index in [0.29, 0.717) is 6.54 Å². The molecule has 0 bridgehead atoms. The minimum absolute atomic E-state index is 0.0210. The van der Waals surface area contributed by atoms with Crippen molar-refractivity contribution in [2.45, 2.75) is 32.9 Å². The highest BCUT2D eigenvalue weighted by Crippen LogP contribution is 2.15. The summed E-state index contributed by atoms with van der Waals surface area (Å²) in [6.45, 7) is 5.15. The number of nitrogens with one attached hydrogen (secondary N) is 1. The van der Waals surface area contributed by atoms with Gasteiger partial charge in [0.25, 0.3) is 0 Å². The van der Waals surface area contributed by atoms with Crippen molar-refractivity contribution in [3.8, 4) is 0 Å². The predicted molar refractivity (Wildman–Crippen MR) is 75.6 cm³/mol. The van der Waals surface area contributed by atoms with Gasteiger partial charge in [-0.1, -0.05) is 31.5 Å². The molecule has 0 saturated carbocycles. The summed E-state index contributed by atoms with van der Waals surface area (Å²) in [5.41, 5.74) is 0.786. The van der Waals surface area contributed by atoms with Gasteiger partial charge in [0.2, 0.25) is 5.91 Å². The molecule has 1 aromatic carbocycles. The lowest BCUT2D eigenvalue weighted by Gasteiger charge is -2.24. The molecule has 1 N–H and O–H groups in total. The van der Waals surface area contributed by atoms with Crippen LogP contribution < -0.4 is 5.32 Å². The molecular weight excluding hydrogens is 267 g/mol. The Labute approximate surface area is 118 Å². The average molecular weight is 287 g/mol. The number of carbonyl (C=O) groups is 1. The smallest absolute Gasteiger partial charge is 0.237 e. The Kier molecular flexibility index (Phi) is 6.25. The van der Waals surface area contributed by atoms with Crippen molar-refractivity contribution in [2.75, 3.05) is 13.6 Å². The van der Waals surface area contributed by atoms with Crippen LogP contribution in [-0.4, -0.2) is 30.4 Å². The van der Waals surface area contributed by atoms with Gasteiger partial charge in [-0.3, -0.25) is 9.69 Å². The van der Waals surface area contributed by atoms with Gasteiger partial charge in [0.15, 0.2) is 0 Å². The molecule has 0 aliphatic heterocycles. The van der Waals surface area contributed by atoms with Crippen molar-refractivity contribution in [1.29, 1.82) is 0 Å². The number of rotatable bonds is 6. The Bertz CT molecular complexity index is 439. The van der Waals surface area contributed by atoms with E-state index in [-0.39, 0.29) is 17.0 Å². The van der Waals surface area contributed by atoms with E-state index in [2.05, 4.69) is 5.32 Å². The van der Waals surface area contributed by atoms with Crippen molar-refractivity contribution >= 4 is 17.5 Å². The van der Waals surface area contributed by atoms with E-state index < -0.39 is 5.82 Å². The lowest BCUT2D eigenvalue weighted by atomic mass is 10.1. The summed E-state index contributed by atoms with van der Waals surface area (Å²) >= 11 is 5.70. The molecule has 0 aliphatic carbocycles. The second-order valence-corrected chi connectivity index (χ2v) is 4.87. The van der Waals surface area contributed by atoms with E-state index in [1.807, 2.05) is 25.8 Å². The van der Waals surface area contributed by atoms with Gasteiger partial charge in [-0.05, 0) is 37.7 Å². The zero-order valence-electron chi connectivity index (χ0n) is 11.5. The number of amides is 1. The number of halogens is 2. The lowest BCUT2D eigenvalue weighted by molar-refractivity contribution is -0.126. The Morgan fingerprint density at radius 3 is 2.68 bits per heavy atom. The molecule has 0 spiro atoms. The maximum atomic E-state index is 13.0. The van der Waals surface area contributed by atoms with Crippen molar-refractivity contribution in [3.05, 3.63) is 34.6 Å². The standard InChI is InChI=1S/C14H20ClFN2O/c1-4-13(18(3)5-2)14(19)17-9-10-6-7-12(16)11(15)8-10/h6-8,13H,4-5,9H2,1-3H3,(H,17,19). The molecule has 1 unspecified atom stereocenters. The van der Waals surface area contributed by atoms with E-state index in [4.69, 9.17) is 11.6 Å². The monoisotopic (exact) mass is 286 g/mol. The van der Waals surface area contributed by atoms with Crippen LogP contribution in [0.3, 0.4) is 0 Å². The molecule has 0 aromatic heterocycles. The molecule has 0 heterocycles. The first kappa shape index (κ1) is 15.9. The lowest BCUT2D eigenvalue weighted by Crippen LogP contribution is -2.44. The van der Waals surface area contributed by atoms with E-state index in [1.165, 1.54) is 12.1 Å². The SMILES string of the molecule is CCC(C(=O)NCc1ccc(F)c(Cl)c1)N(C)CC. The average Bonchev–Trinajstić information content (AvgIpc) is 2.40. The van der Waals surface area contributed by atoms with Crippen LogP contribution in [0.2, 0.25) is 5.02 Å². The molecule has 1 aromatic rings. The molecule has 0 saturated heterocycles. The number of benzene rings is 1. The summed E-state index contributed by atoms with van der Waals surface area (Å²) in [7, 11) is 1.92. The maximum Gasteiger partial charge on any atom is 0.237 e. The molecule has 0 aliphatic rings. The first-order valence-electron chi connectivity index (χ1n) is 6.41. The number of nitrogens with zero attached hydrogens (tertiary/aromatic N) is 1. The summed E-state index contributed by atoms with van der Waals surface area (Å²) < 4.78 is 13.0. The van der Waals surface area contributed by atoms with E-state index >= 15 is 0 Å². The number of carbonyl (C=O) groups excluding carboxylic acids is 1. The van der Waals surface area contributed by atoms with E-state index in [1.54, 1.807) is 6.07 Å². The predicted octanol–water partition coefficient (Wildman–Crippen LogP) is 2.83. The van der Waals surface area contributed by atoms with Gasteiger partial charge >= 0.3 is 0 Å². The highest BCUT2D eigenvalue weighted by molar-refractivity contribution is 6.30. The Hall–Kier alpha value is -1.13. The Morgan fingerprint density at radius 1 is 1.47 bits per heavy atom. The molecule has 0 radical (unpaired) electrons. The highest BCUT2D eigenvalue weighted by atomic mass is 35.5. The molecule has 0 fully saturated rings. The number of hydrogen-bond donors (Lipinski definition) is 1. The van der Waals surface area contributed by atoms with Gasteiger partial charge in [0.05, 0.1) is 11.1 Å². The third-order valence-corrected chi connectivity index (χ3v) is 3.46. The van der Waals surface area contributed by atoms with Crippen molar-refractivity contribution in [3.63, 3.8) is 0 Å². The number of hydrogen-bond acceptors (Lipinski definition) is 2. The quantitative estimate of drug-likeness (QED) is 0.872. The first-order valence-corrected chi connectivity index (χ1v) is 6.79. The van der Waals surface area contributed by atoms with Crippen LogP contribution in [0, 0.1) is 5.82 Å². The number of likely N-dealkylation sites (N-methyl/N-ethyl adjacent to an activating group) is 1. The first-order chi connectivity index (χ1) is 8.99. The van der Waals surface area contributed by atoms with Gasteiger partial charge in [-0.15, -0.1) is 0 Å².